The number of nitrogens with one attached hydrogen (secondary N) is 1. The summed E-state index contributed by atoms with van der Waals surface area (Å²) < 4.78 is 26.4. The van der Waals surface area contributed by atoms with Crippen LogP contribution in [0.3, 0.4) is 0 Å². The molecule has 0 unspecified atom stereocenters. The van der Waals surface area contributed by atoms with E-state index in [0.29, 0.717) is 11.1 Å². The topological polar surface area (TPSA) is 63.2 Å². The summed E-state index contributed by atoms with van der Waals surface area (Å²) in [6, 6.07) is 24.5. The molecule has 1 atom stereocenters. The van der Waals surface area contributed by atoms with Crippen molar-refractivity contribution in [2.45, 2.75) is 17.1 Å². The highest BCUT2D eigenvalue weighted by molar-refractivity contribution is 7.91. The Balaban J connectivity index is 1.89. The molecule has 3 rings (SSSR count). The van der Waals surface area contributed by atoms with Crippen molar-refractivity contribution >= 4 is 15.7 Å². The third kappa shape index (κ3) is 4.44. The predicted molar refractivity (Wildman–Crippen MR) is 106 cm³/mol. The van der Waals surface area contributed by atoms with E-state index in [0.717, 1.165) is 5.56 Å². The lowest BCUT2D eigenvalue weighted by Crippen LogP contribution is -2.32. The molecule has 0 saturated carbocycles. The fourth-order valence-corrected chi connectivity index (χ4v) is 4.61. The van der Waals surface area contributed by atoms with Gasteiger partial charge in [-0.2, -0.15) is 0 Å². The quantitative estimate of drug-likeness (QED) is 0.706. The molecule has 0 aliphatic carbocycles. The van der Waals surface area contributed by atoms with Crippen LogP contribution in [0.15, 0.2) is 89.8 Å². The highest BCUT2D eigenvalue weighted by Crippen LogP contribution is 2.28. The Morgan fingerprint density at radius 2 is 1.52 bits per heavy atom. The lowest BCUT2D eigenvalue weighted by molar-refractivity contribution is 0.0953. The summed E-state index contributed by atoms with van der Waals surface area (Å²) >= 11 is 0. The fraction of sp³-hybridized carbons (Fsp3) is 0.136. The molecule has 0 saturated heterocycles. The van der Waals surface area contributed by atoms with E-state index in [1.165, 1.54) is 0 Å². The van der Waals surface area contributed by atoms with Crippen LogP contribution in [0.5, 0.6) is 0 Å². The van der Waals surface area contributed by atoms with Crippen LogP contribution in [0.4, 0.5) is 0 Å². The zero-order valence-corrected chi connectivity index (χ0v) is 15.8. The van der Waals surface area contributed by atoms with E-state index in [4.69, 9.17) is 0 Å². The summed E-state index contributed by atoms with van der Waals surface area (Å²) in [6.45, 7) is 1.90. The Labute approximate surface area is 159 Å². The van der Waals surface area contributed by atoms with Crippen molar-refractivity contribution in [2.75, 3.05) is 6.54 Å². The van der Waals surface area contributed by atoms with Gasteiger partial charge in [0.2, 0.25) is 0 Å². The molecule has 1 amide bonds. The maximum atomic E-state index is 13.2. The van der Waals surface area contributed by atoms with Gasteiger partial charge in [0.1, 0.15) is 5.25 Å². The van der Waals surface area contributed by atoms with Gasteiger partial charge in [0.15, 0.2) is 9.84 Å². The Morgan fingerprint density at radius 1 is 0.889 bits per heavy atom. The Hall–Kier alpha value is -2.92. The lowest BCUT2D eigenvalue weighted by atomic mass is 10.1. The number of sulfone groups is 1. The first kappa shape index (κ1) is 18.9. The van der Waals surface area contributed by atoms with E-state index in [1.807, 2.05) is 19.1 Å². The van der Waals surface area contributed by atoms with Crippen LogP contribution >= 0.6 is 0 Å². The number of carbonyl (C=O) groups excluding carboxylic acids is 1. The van der Waals surface area contributed by atoms with Gasteiger partial charge in [-0.25, -0.2) is 8.42 Å². The van der Waals surface area contributed by atoms with Gasteiger partial charge in [0, 0.05) is 12.1 Å². The summed E-state index contributed by atoms with van der Waals surface area (Å²) in [5, 5.41) is 1.92. The second-order valence-corrected chi connectivity index (χ2v) is 8.47. The summed E-state index contributed by atoms with van der Waals surface area (Å²) in [7, 11) is -3.65. The van der Waals surface area contributed by atoms with Crippen LogP contribution in [0, 0.1) is 6.92 Å². The first-order valence-electron chi connectivity index (χ1n) is 8.67. The van der Waals surface area contributed by atoms with Gasteiger partial charge in [-0.15, -0.1) is 0 Å². The standard InChI is InChI=1S/C22H21NO3S/c1-17-9-8-12-19(15-17)22(24)23-16-21(18-10-4-2-5-11-18)27(25,26)20-13-6-3-7-14-20/h2-15,21H,16H2,1H3,(H,23,24)/t21-/m0/s1. The van der Waals surface area contributed by atoms with Crippen LogP contribution < -0.4 is 5.32 Å². The van der Waals surface area contributed by atoms with Crippen molar-refractivity contribution < 1.29 is 13.2 Å². The minimum atomic E-state index is -3.65. The smallest absolute Gasteiger partial charge is 0.251 e. The normalized spacial score (nSPS) is 12.3. The second-order valence-electron chi connectivity index (χ2n) is 6.34. The van der Waals surface area contributed by atoms with E-state index in [2.05, 4.69) is 5.32 Å². The van der Waals surface area contributed by atoms with Gasteiger partial charge in [-0.1, -0.05) is 66.2 Å². The van der Waals surface area contributed by atoms with Crippen molar-refractivity contribution in [1.82, 2.24) is 5.32 Å². The molecule has 0 aliphatic rings. The Kier molecular flexibility index (Phi) is 5.72. The molecule has 3 aromatic rings. The molecule has 0 fully saturated rings. The minimum absolute atomic E-state index is 0.00594. The number of aryl methyl sites for hydroxylation is 1. The van der Waals surface area contributed by atoms with Gasteiger partial charge in [0.25, 0.3) is 5.91 Å². The van der Waals surface area contributed by atoms with Crippen LogP contribution in [0.25, 0.3) is 0 Å². The molecule has 5 heteroatoms. The predicted octanol–water partition coefficient (Wildman–Crippen LogP) is 3.94. The number of hydrogen-bond donors (Lipinski definition) is 1. The van der Waals surface area contributed by atoms with Gasteiger partial charge in [-0.3, -0.25) is 4.79 Å². The highest BCUT2D eigenvalue weighted by atomic mass is 32.2. The molecule has 27 heavy (non-hydrogen) atoms. The summed E-state index contributed by atoms with van der Waals surface area (Å²) in [5.74, 6) is -0.289. The zero-order chi connectivity index (χ0) is 19.3. The molecule has 0 heterocycles. The molecule has 138 valence electrons. The van der Waals surface area contributed by atoms with Crippen molar-refractivity contribution in [1.29, 1.82) is 0 Å². The van der Waals surface area contributed by atoms with E-state index in [-0.39, 0.29) is 17.3 Å². The number of amides is 1. The number of hydrogen-bond acceptors (Lipinski definition) is 3. The molecule has 3 aromatic carbocycles. The van der Waals surface area contributed by atoms with E-state index >= 15 is 0 Å². The highest BCUT2D eigenvalue weighted by Gasteiger charge is 2.29. The Bertz CT molecular complexity index is 1020. The van der Waals surface area contributed by atoms with Crippen LogP contribution in [-0.4, -0.2) is 20.9 Å². The molecule has 0 bridgehead atoms. The second kappa shape index (κ2) is 8.18. The van der Waals surface area contributed by atoms with Crippen molar-refractivity contribution in [2.24, 2.45) is 0 Å². The first-order chi connectivity index (χ1) is 13.0. The summed E-state index contributed by atoms with van der Waals surface area (Å²) in [4.78, 5) is 12.7. The molecule has 4 nitrogen and oxygen atoms in total. The van der Waals surface area contributed by atoms with E-state index < -0.39 is 15.1 Å². The lowest BCUT2D eigenvalue weighted by Gasteiger charge is -2.19. The zero-order valence-electron chi connectivity index (χ0n) is 15.0. The van der Waals surface area contributed by atoms with Crippen molar-refractivity contribution in [3.05, 3.63) is 102 Å². The van der Waals surface area contributed by atoms with E-state index in [1.54, 1.807) is 72.8 Å². The molecule has 0 radical (unpaired) electrons. The average Bonchev–Trinajstić information content (AvgIpc) is 2.69. The molecule has 1 N–H and O–H groups in total. The minimum Gasteiger partial charge on any atom is -0.350 e. The SMILES string of the molecule is Cc1cccc(C(=O)NC[C@@H](c2ccccc2)S(=O)(=O)c2ccccc2)c1. The average molecular weight is 379 g/mol. The molecule has 0 aliphatic heterocycles. The Morgan fingerprint density at radius 3 is 2.15 bits per heavy atom. The van der Waals surface area contributed by atoms with Gasteiger partial charge < -0.3 is 5.32 Å². The number of benzene rings is 3. The third-order valence-corrected chi connectivity index (χ3v) is 6.46. The van der Waals surface area contributed by atoms with Crippen LogP contribution in [-0.2, 0) is 9.84 Å². The van der Waals surface area contributed by atoms with E-state index in [9.17, 15) is 13.2 Å². The fourth-order valence-electron chi connectivity index (χ4n) is 2.92. The summed E-state index contributed by atoms with van der Waals surface area (Å²) in [5.41, 5.74) is 2.13. The largest absolute Gasteiger partial charge is 0.350 e. The van der Waals surface area contributed by atoms with Crippen molar-refractivity contribution in [3.8, 4) is 0 Å². The van der Waals surface area contributed by atoms with Gasteiger partial charge in [0.05, 0.1) is 4.90 Å². The number of rotatable bonds is 6. The van der Waals surface area contributed by atoms with Crippen LogP contribution in [0.1, 0.15) is 26.7 Å². The first-order valence-corrected chi connectivity index (χ1v) is 10.2. The monoisotopic (exact) mass is 379 g/mol. The summed E-state index contributed by atoms with van der Waals surface area (Å²) in [6.07, 6.45) is 0. The van der Waals surface area contributed by atoms with Crippen molar-refractivity contribution in [3.63, 3.8) is 0 Å². The molecule has 0 spiro atoms. The molecule has 0 aromatic heterocycles. The third-order valence-electron chi connectivity index (χ3n) is 4.35. The van der Waals surface area contributed by atoms with Gasteiger partial charge >= 0.3 is 0 Å². The van der Waals surface area contributed by atoms with Crippen LogP contribution in [0.2, 0.25) is 0 Å². The number of carbonyl (C=O) groups is 1. The maximum Gasteiger partial charge on any atom is 0.251 e. The maximum absolute atomic E-state index is 13.2. The molecular weight excluding hydrogens is 358 g/mol. The van der Waals surface area contributed by atoms with Gasteiger partial charge in [-0.05, 0) is 36.8 Å². The molecular formula is C22H21NO3S.